The summed E-state index contributed by atoms with van der Waals surface area (Å²) < 4.78 is 5.42. The van der Waals surface area contributed by atoms with Crippen LogP contribution in [0.1, 0.15) is 36.6 Å². The van der Waals surface area contributed by atoms with Crippen LogP contribution in [0.4, 0.5) is 0 Å². The summed E-state index contributed by atoms with van der Waals surface area (Å²) in [7, 11) is 1.73. The molecule has 0 aliphatic carbocycles. The van der Waals surface area contributed by atoms with Gasteiger partial charge in [0.15, 0.2) is 0 Å². The molecule has 0 aliphatic heterocycles. The van der Waals surface area contributed by atoms with Crippen molar-refractivity contribution in [3.05, 3.63) is 65.2 Å². The van der Waals surface area contributed by atoms with Crippen LogP contribution in [-0.2, 0) is 6.42 Å². The molecule has 0 spiro atoms. The van der Waals surface area contributed by atoms with Gasteiger partial charge >= 0.3 is 0 Å². The predicted molar refractivity (Wildman–Crippen MR) is 88.9 cm³/mol. The minimum Gasteiger partial charge on any atom is -0.496 e. The fraction of sp³-hybridized carbons (Fsp3) is 0.368. The van der Waals surface area contributed by atoms with Crippen LogP contribution in [0, 0.1) is 6.92 Å². The van der Waals surface area contributed by atoms with Crippen LogP contribution in [0.15, 0.2) is 48.5 Å². The van der Waals surface area contributed by atoms with Crippen LogP contribution in [0.3, 0.4) is 0 Å². The van der Waals surface area contributed by atoms with Crippen LogP contribution >= 0.6 is 0 Å². The minimum atomic E-state index is 0.342. The van der Waals surface area contributed by atoms with Crippen molar-refractivity contribution in [1.29, 1.82) is 0 Å². The normalized spacial score (nSPS) is 13.7. The van der Waals surface area contributed by atoms with Gasteiger partial charge in [-0.2, -0.15) is 0 Å². The number of methoxy groups -OCH3 is 1. The van der Waals surface area contributed by atoms with Gasteiger partial charge < -0.3 is 10.1 Å². The number of benzene rings is 2. The summed E-state index contributed by atoms with van der Waals surface area (Å²) in [4.78, 5) is 0. The van der Waals surface area contributed by atoms with Crippen LogP contribution in [0.5, 0.6) is 5.75 Å². The molecule has 2 aromatic carbocycles. The summed E-state index contributed by atoms with van der Waals surface area (Å²) in [5, 5.41) is 3.67. The van der Waals surface area contributed by atoms with Crippen molar-refractivity contribution in [3.63, 3.8) is 0 Å². The number of hydrogen-bond donors (Lipinski definition) is 1. The first-order valence-electron chi connectivity index (χ1n) is 7.54. The first kappa shape index (κ1) is 15.6. The second kappa shape index (κ2) is 7.28. The van der Waals surface area contributed by atoms with E-state index in [1.54, 1.807) is 7.11 Å². The molecule has 0 fully saturated rings. The van der Waals surface area contributed by atoms with E-state index >= 15 is 0 Å². The molecule has 2 atom stereocenters. The second-order valence-electron chi connectivity index (χ2n) is 5.72. The quantitative estimate of drug-likeness (QED) is 0.854. The van der Waals surface area contributed by atoms with E-state index in [2.05, 4.69) is 62.5 Å². The van der Waals surface area contributed by atoms with E-state index in [4.69, 9.17) is 4.74 Å². The molecule has 0 saturated carbocycles. The Morgan fingerprint density at radius 1 is 1.05 bits per heavy atom. The molecule has 2 heteroatoms. The predicted octanol–water partition coefficient (Wildman–Crippen LogP) is 4.29. The van der Waals surface area contributed by atoms with Gasteiger partial charge in [-0.1, -0.05) is 48.0 Å². The number of rotatable bonds is 6. The fourth-order valence-electron chi connectivity index (χ4n) is 2.72. The molecule has 1 N–H and O–H groups in total. The van der Waals surface area contributed by atoms with Crippen molar-refractivity contribution in [2.75, 3.05) is 7.11 Å². The maximum atomic E-state index is 5.42. The lowest BCUT2D eigenvalue weighted by atomic mass is 10.0. The molecule has 21 heavy (non-hydrogen) atoms. The Bertz CT molecular complexity index is 579. The molecular formula is C19H25NO. The minimum absolute atomic E-state index is 0.342. The highest BCUT2D eigenvalue weighted by atomic mass is 16.5. The lowest BCUT2D eigenvalue weighted by molar-refractivity contribution is 0.403. The van der Waals surface area contributed by atoms with Crippen LogP contribution in [-0.4, -0.2) is 13.2 Å². The van der Waals surface area contributed by atoms with E-state index in [9.17, 15) is 0 Å². The third-order valence-electron chi connectivity index (χ3n) is 3.80. The highest BCUT2D eigenvalue weighted by molar-refractivity contribution is 5.34. The maximum absolute atomic E-state index is 5.42. The van der Waals surface area contributed by atoms with Crippen molar-refractivity contribution in [1.82, 2.24) is 5.32 Å². The molecule has 1 unspecified atom stereocenters. The third kappa shape index (κ3) is 4.33. The van der Waals surface area contributed by atoms with Gasteiger partial charge in [0.2, 0.25) is 0 Å². The standard InChI is InChI=1S/C19H25NO/c1-14-8-7-10-17(12-14)16(3)20-15(2)13-18-9-5-6-11-19(18)21-4/h5-12,15-16,20H,13H2,1-4H3/t15?,16-/m1/s1. The Morgan fingerprint density at radius 2 is 1.81 bits per heavy atom. The molecular weight excluding hydrogens is 258 g/mol. The van der Waals surface area contributed by atoms with Gasteiger partial charge in [0, 0.05) is 12.1 Å². The maximum Gasteiger partial charge on any atom is 0.122 e. The number of ether oxygens (including phenoxy) is 1. The molecule has 0 aromatic heterocycles. The monoisotopic (exact) mass is 283 g/mol. The summed E-state index contributed by atoms with van der Waals surface area (Å²) in [6.45, 7) is 6.57. The summed E-state index contributed by atoms with van der Waals surface area (Å²) in [5.74, 6) is 0.967. The molecule has 112 valence electrons. The number of aryl methyl sites for hydroxylation is 1. The Balaban J connectivity index is 1.99. The molecule has 0 aliphatic rings. The fourth-order valence-corrected chi connectivity index (χ4v) is 2.72. The third-order valence-corrected chi connectivity index (χ3v) is 3.80. The van der Waals surface area contributed by atoms with Gasteiger partial charge in [-0.05, 0) is 44.4 Å². The largest absolute Gasteiger partial charge is 0.496 e. The molecule has 2 rings (SSSR count). The lowest BCUT2D eigenvalue weighted by Gasteiger charge is -2.21. The summed E-state index contributed by atoms with van der Waals surface area (Å²) in [6, 6.07) is 17.6. The van der Waals surface area contributed by atoms with E-state index < -0.39 is 0 Å². The van der Waals surface area contributed by atoms with Crippen molar-refractivity contribution in [2.24, 2.45) is 0 Å². The Hall–Kier alpha value is -1.80. The van der Waals surface area contributed by atoms with Gasteiger partial charge in [-0.25, -0.2) is 0 Å². The van der Waals surface area contributed by atoms with Gasteiger partial charge in [-0.3, -0.25) is 0 Å². The van der Waals surface area contributed by atoms with Gasteiger partial charge in [0.25, 0.3) is 0 Å². The van der Waals surface area contributed by atoms with Crippen molar-refractivity contribution >= 4 is 0 Å². The lowest BCUT2D eigenvalue weighted by Crippen LogP contribution is -2.30. The number of para-hydroxylation sites is 1. The summed E-state index contributed by atoms with van der Waals surface area (Å²) >= 11 is 0. The van der Waals surface area contributed by atoms with Crippen molar-refractivity contribution < 1.29 is 4.74 Å². The number of hydrogen-bond acceptors (Lipinski definition) is 2. The zero-order valence-corrected chi connectivity index (χ0v) is 13.4. The van der Waals surface area contributed by atoms with E-state index in [0.717, 1.165) is 12.2 Å². The Kier molecular flexibility index (Phi) is 5.40. The van der Waals surface area contributed by atoms with E-state index in [0.29, 0.717) is 12.1 Å². The number of nitrogens with one attached hydrogen (secondary N) is 1. The molecule has 0 bridgehead atoms. The zero-order valence-electron chi connectivity index (χ0n) is 13.4. The molecule has 0 saturated heterocycles. The topological polar surface area (TPSA) is 21.3 Å². The molecule has 0 heterocycles. The summed E-state index contributed by atoms with van der Waals surface area (Å²) in [5.41, 5.74) is 3.89. The van der Waals surface area contributed by atoms with Gasteiger partial charge in [0.1, 0.15) is 5.75 Å². The summed E-state index contributed by atoms with van der Waals surface area (Å²) in [6.07, 6.45) is 0.959. The average Bonchev–Trinajstić information content (AvgIpc) is 2.47. The highest BCUT2D eigenvalue weighted by Gasteiger charge is 2.12. The van der Waals surface area contributed by atoms with Crippen LogP contribution < -0.4 is 10.1 Å². The first-order valence-corrected chi connectivity index (χ1v) is 7.54. The smallest absolute Gasteiger partial charge is 0.122 e. The van der Waals surface area contributed by atoms with Crippen LogP contribution in [0.25, 0.3) is 0 Å². The van der Waals surface area contributed by atoms with Crippen LogP contribution in [0.2, 0.25) is 0 Å². The first-order chi connectivity index (χ1) is 10.1. The van der Waals surface area contributed by atoms with E-state index in [1.807, 2.05) is 12.1 Å². The molecule has 2 aromatic rings. The SMILES string of the molecule is COc1ccccc1CC(C)N[C@H](C)c1cccc(C)c1. The Morgan fingerprint density at radius 3 is 2.52 bits per heavy atom. The zero-order chi connectivity index (χ0) is 15.2. The Labute approximate surface area is 128 Å². The van der Waals surface area contributed by atoms with E-state index in [1.165, 1.54) is 16.7 Å². The van der Waals surface area contributed by atoms with Gasteiger partial charge in [-0.15, -0.1) is 0 Å². The van der Waals surface area contributed by atoms with E-state index in [-0.39, 0.29) is 0 Å². The average molecular weight is 283 g/mol. The van der Waals surface area contributed by atoms with Crippen molar-refractivity contribution in [3.8, 4) is 5.75 Å². The second-order valence-corrected chi connectivity index (χ2v) is 5.72. The molecule has 0 radical (unpaired) electrons. The molecule has 2 nitrogen and oxygen atoms in total. The van der Waals surface area contributed by atoms with Gasteiger partial charge in [0.05, 0.1) is 7.11 Å². The highest BCUT2D eigenvalue weighted by Crippen LogP contribution is 2.20. The van der Waals surface area contributed by atoms with Crippen molar-refractivity contribution in [2.45, 2.75) is 39.3 Å². The molecule has 0 amide bonds.